The summed E-state index contributed by atoms with van der Waals surface area (Å²) in [6, 6.07) is 17.7. The Labute approximate surface area is 261 Å². The third kappa shape index (κ3) is 6.93. The van der Waals surface area contributed by atoms with E-state index in [1.165, 1.54) is 6.07 Å². The van der Waals surface area contributed by atoms with Gasteiger partial charge in [-0.1, -0.05) is 56.3 Å². The second-order valence-electron chi connectivity index (χ2n) is 10.6. The van der Waals surface area contributed by atoms with Gasteiger partial charge in [0.1, 0.15) is 17.3 Å². The highest BCUT2D eigenvalue weighted by atomic mass is 19.1. The average Bonchev–Trinajstić information content (AvgIpc) is 3.06. The number of rotatable bonds is 7. The molecule has 0 saturated carbocycles. The van der Waals surface area contributed by atoms with Crippen LogP contribution in [0.15, 0.2) is 66.7 Å². The summed E-state index contributed by atoms with van der Waals surface area (Å²) in [5, 5.41) is 12.3. The number of aromatic nitrogens is 2. The topological polar surface area (TPSA) is 111 Å². The number of fused-ring (bicyclic) bond motifs is 1. The van der Waals surface area contributed by atoms with Gasteiger partial charge < -0.3 is 21.3 Å². The van der Waals surface area contributed by atoms with Crippen LogP contribution in [0, 0.1) is 18.6 Å². The lowest BCUT2D eigenvalue weighted by Crippen LogP contribution is -2.43. The van der Waals surface area contributed by atoms with E-state index < -0.39 is 23.4 Å². The van der Waals surface area contributed by atoms with Crippen molar-refractivity contribution in [3.63, 3.8) is 0 Å². The van der Waals surface area contributed by atoms with E-state index in [-0.39, 0.29) is 30.3 Å². The Morgan fingerprint density at radius 1 is 0.978 bits per heavy atom. The van der Waals surface area contributed by atoms with E-state index in [0.717, 1.165) is 54.1 Å². The minimum absolute atomic E-state index is 0.0353. The minimum Gasteiger partial charge on any atom is -0.351 e. The Morgan fingerprint density at radius 2 is 1.69 bits per heavy atom. The van der Waals surface area contributed by atoms with Gasteiger partial charge in [-0.2, -0.15) is 4.98 Å². The summed E-state index contributed by atoms with van der Waals surface area (Å²) < 4.78 is 30.1. The fourth-order valence-corrected chi connectivity index (χ4v) is 5.40. The largest absolute Gasteiger partial charge is 0.351 e. The van der Waals surface area contributed by atoms with Crippen LogP contribution in [-0.2, 0) is 13.1 Å². The number of carbonyl (C=O) groups is 2. The number of hydrogen-bond acceptors (Lipinski definition) is 6. The second-order valence-corrected chi connectivity index (χ2v) is 10.6. The first-order chi connectivity index (χ1) is 21.9. The van der Waals surface area contributed by atoms with Crippen LogP contribution in [0.5, 0.6) is 0 Å². The molecule has 2 aliphatic heterocycles. The molecule has 1 aromatic heterocycles. The predicted octanol–water partition coefficient (Wildman–Crippen LogP) is 6.21. The number of halogens is 2. The number of hydrogen-bond donors (Lipinski definition) is 4. The summed E-state index contributed by atoms with van der Waals surface area (Å²) in [6.07, 6.45) is 1.66. The number of amides is 3. The van der Waals surface area contributed by atoms with Gasteiger partial charge in [0.25, 0.3) is 5.91 Å². The van der Waals surface area contributed by atoms with Crippen molar-refractivity contribution in [3.8, 4) is 11.3 Å². The molecule has 45 heavy (non-hydrogen) atoms. The van der Waals surface area contributed by atoms with Crippen LogP contribution in [-0.4, -0.2) is 41.0 Å². The van der Waals surface area contributed by atoms with Gasteiger partial charge in [-0.15, -0.1) is 0 Å². The quantitative estimate of drug-likeness (QED) is 0.197. The molecule has 4 aromatic rings. The van der Waals surface area contributed by atoms with Crippen LogP contribution in [0.3, 0.4) is 0 Å². The van der Waals surface area contributed by atoms with E-state index in [0.29, 0.717) is 28.9 Å². The zero-order valence-electron chi connectivity index (χ0n) is 25.6. The molecular formula is C34H37F2N7O2. The van der Waals surface area contributed by atoms with Crippen LogP contribution in [0.2, 0.25) is 0 Å². The Balaban J connectivity index is 0.00000196. The van der Waals surface area contributed by atoms with Crippen molar-refractivity contribution in [1.82, 2.24) is 25.9 Å². The fourth-order valence-electron chi connectivity index (χ4n) is 5.40. The molecule has 3 aromatic carbocycles. The second kappa shape index (κ2) is 14.3. The number of carbonyl (C=O) groups excluding carboxylic acids is 2. The number of nitrogens with zero attached hydrogens (tertiary/aromatic N) is 3. The Bertz CT molecular complexity index is 1660. The minimum atomic E-state index is -0.899. The molecule has 0 bridgehead atoms. The normalized spacial score (nSPS) is 14.5. The number of para-hydroxylation sites is 1. The molecule has 0 atom stereocenters. The maximum absolute atomic E-state index is 15.0. The lowest BCUT2D eigenvalue weighted by atomic mass is 9.97. The van der Waals surface area contributed by atoms with Crippen LogP contribution in [0.1, 0.15) is 53.7 Å². The smallest absolute Gasteiger partial charge is 0.328 e. The fraction of sp³-hybridized carbons (Fsp3) is 0.294. The highest BCUT2D eigenvalue weighted by molar-refractivity contribution is 6.02. The van der Waals surface area contributed by atoms with Gasteiger partial charge in [0.2, 0.25) is 5.95 Å². The van der Waals surface area contributed by atoms with E-state index in [2.05, 4.69) is 26.3 Å². The van der Waals surface area contributed by atoms with Crippen molar-refractivity contribution in [1.29, 1.82) is 0 Å². The van der Waals surface area contributed by atoms with Crippen molar-refractivity contribution in [2.75, 3.05) is 23.3 Å². The van der Waals surface area contributed by atoms with Gasteiger partial charge in [-0.3, -0.25) is 4.79 Å². The number of benzene rings is 3. The first kappa shape index (κ1) is 31.5. The lowest BCUT2D eigenvalue weighted by Gasteiger charge is -2.31. The molecule has 0 radical (unpaired) electrons. The van der Waals surface area contributed by atoms with Crippen molar-refractivity contribution >= 4 is 29.4 Å². The number of nitrogens with one attached hydrogen (secondary N) is 4. The van der Waals surface area contributed by atoms with E-state index in [9.17, 15) is 9.59 Å². The zero-order valence-corrected chi connectivity index (χ0v) is 25.6. The van der Waals surface area contributed by atoms with Gasteiger partial charge in [-0.05, 0) is 68.2 Å². The van der Waals surface area contributed by atoms with Crippen LogP contribution in [0.4, 0.5) is 31.0 Å². The van der Waals surface area contributed by atoms with Crippen molar-refractivity contribution in [2.24, 2.45) is 0 Å². The van der Waals surface area contributed by atoms with E-state index >= 15 is 8.78 Å². The molecule has 6 rings (SSSR count). The monoisotopic (exact) mass is 613 g/mol. The molecule has 1 saturated heterocycles. The van der Waals surface area contributed by atoms with Gasteiger partial charge in [0.05, 0.1) is 12.2 Å². The van der Waals surface area contributed by atoms with Gasteiger partial charge in [-0.25, -0.2) is 23.5 Å². The maximum Gasteiger partial charge on any atom is 0.328 e. The molecule has 11 heteroatoms. The van der Waals surface area contributed by atoms with E-state index in [1.807, 2.05) is 57.2 Å². The molecule has 2 aliphatic rings. The SMILES string of the molecule is CC.Cc1ccc(C(=O)NCc2ccccc2)cc1-c1nc(NC2CCNCC2)nc2c1CNC(=O)N2c1c(F)cccc1F. The zero-order chi connectivity index (χ0) is 31.9. The third-order valence-corrected chi connectivity index (χ3v) is 7.70. The number of aryl methyl sites for hydroxylation is 1. The highest BCUT2D eigenvalue weighted by Crippen LogP contribution is 2.39. The molecule has 3 heterocycles. The number of anilines is 3. The van der Waals surface area contributed by atoms with E-state index in [4.69, 9.17) is 4.98 Å². The standard InChI is InChI=1S/C32H31F2N7O2.C2H6/c1-19-10-11-21(30(42)36-17-20-6-3-2-4-7-20)16-23(19)27-24-18-37-32(43)41(28-25(33)8-5-9-26(28)34)29(24)40-31(39-27)38-22-12-14-35-15-13-22;1-2/h2-11,16,22,35H,12-15,17-18H2,1H3,(H,36,42)(H,37,43)(H,38,39,40);1-2H3. The predicted molar refractivity (Wildman–Crippen MR) is 171 cm³/mol. The summed E-state index contributed by atoms with van der Waals surface area (Å²) in [4.78, 5) is 36.8. The first-order valence-electron chi connectivity index (χ1n) is 15.2. The maximum atomic E-state index is 15.0. The lowest BCUT2D eigenvalue weighted by molar-refractivity contribution is 0.0951. The molecule has 0 unspecified atom stereocenters. The highest BCUT2D eigenvalue weighted by Gasteiger charge is 2.34. The van der Waals surface area contributed by atoms with Crippen LogP contribution in [0.25, 0.3) is 11.3 Å². The Hall–Kier alpha value is -4.90. The van der Waals surface area contributed by atoms with E-state index in [1.54, 1.807) is 12.1 Å². The summed E-state index contributed by atoms with van der Waals surface area (Å²) in [6.45, 7) is 7.94. The molecule has 4 N–H and O–H groups in total. The summed E-state index contributed by atoms with van der Waals surface area (Å²) in [5.74, 6) is -1.75. The molecule has 1 fully saturated rings. The van der Waals surface area contributed by atoms with Gasteiger partial charge in [0, 0.05) is 29.3 Å². The van der Waals surface area contributed by atoms with Crippen molar-refractivity contribution < 1.29 is 18.4 Å². The summed E-state index contributed by atoms with van der Waals surface area (Å²) in [7, 11) is 0. The van der Waals surface area contributed by atoms with Gasteiger partial charge in [0.15, 0.2) is 5.82 Å². The summed E-state index contributed by atoms with van der Waals surface area (Å²) in [5.41, 5.74) is 3.27. The van der Waals surface area contributed by atoms with Crippen molar-refractivity contribution in [2.45, 2.75) is 52.7 Å². The van der Waals surface area contributed by atoms with Crippen molar-refractivity contribution in [3.05, 3.63) is 101 Å². The molecule has 3 amide bonds. The Morgan fingerprint density at radius 3 is 2.40 bits per heavy atom. The third-order valence-electron chi connectivity index (χ3n) is 7.70. The van der Waals surface area contributed by atoms with Crippen LogP contribution < -0.4 is 26.2 Å². The number of urea groups is 1. The molecule has 0 aliphatic carbocycles. The van der Waals surface area contributed by atoms with Gasteiger partial charge >= 0.3 is 6.03 Å². The number of piperidine rings is 1. The average molecular weight is 614 g/mol. The molecule has 9 nitrogen and oxygen atoms in total. The Kier molecular flexibility index (Phi) is 9.99. The molecular weight excluding hydrogens is 576 g/mol. The summed E-state index contributed by atoms with van der Waals surface area (Å²) >= 11 is 0. The molecule has 0 spiro atoms. The first-order valence-corrected chi connectivity index (χ1v) is 15.2. The molecule has 234 valence electrons. The van der Waals surface area contributed by atoms with Crippen LogP contribution >= 0.6 is 0 Å².